The molecule has 0 saturated carbocycles. The number of nitrogens with one attached hydrogen (secondary N) is 1. The van der Waals surface area contributed by atoms with Crippen LogP contribution >= 0.6 is 0 Å². The molecule has 0 bridgehead atoms. The highest BCUT2D eigenvalue weighted by atomic mass is 19.1. The van der Waals surface area contributed by atoms with Crippen LogP contribution in [0, 0.1) is 5.82 Å². The van der Waals surface area contributed by atoms with Crippen LogP contribution in [0.4, 0.5) is 10.1 Å². The fraction of sp³-hybridized carbons (Fsp3) is 0.414. The largest absolute Gasteiger partial charge is 0.361 e. The van der Waals surface area contributed by atoms with E-state index in [1.165, 1.54) is 37.8 Å². The van der Waals surface area contributed by atoms with E-state index >= 15 is 0 Å². The molecule has 0 unspecified atom stereocenters. The molecular weight excluding hydrogens is 439 g/mol. The molecular formula is C29H33FN4O. The number of para-hydroxylation sites is 1. The van der Waals surface area contributed by atoms with Gasteiger partial charge in [-0.3, -0.25) is 19.5 Å². The van der Waals surface area contributed by atoms with Crippen LogP contribution in [0.5, 0.6) is 0 Å². The lowest BCUT2D eigenvalue weighted by atomic mass is 9.94. The van der Waals surface area contributed by atoms with Gasteiger partial charge in [-0.1, -0.05) is 31.0 Å². The summed E-state index contributed by atoms with van der Waals surface area (Å²) in [5.74, 6) is -0.306. The lowest BCUT2D eigenvalue weighted by molar-refractivity contribution is -0.113. The topological polar surface area (TPSA) is 42.6 Å². The number of likely N-dealkylation sites (tertiary alicyclic amines) is 2. The number of benzene rings is 2. The number of aromatic amines is 1. The van der Waals surface area contributed by atoms with Crippen molar-refractivity contribution >= 4 is 33.6 Å². The molecule has 182 valence electrons. The second-order valence-electron chi connectivity index (χ2n) is 10.2. The summed E-state index contributed by atoms with van der Waals surface area (Å²) in [6, 6.07) is 13.1. The zero-order valence-electron chi connectivity index (χ0n) is 20.2. The van der Waals surface area contributed by atoms with Gasteiger partial charge in [0.25, 0.3) is 5.91 Å². The summed E-state index contributed by atoms with van der Waals surface area (Å²) in [7, 11) is 0. The normalized spacial score (nSPS) is 21.1. The molecule has 1 amide bonds. The van der Waals surface area contributed by atoms with Gasteiger partial charge in [-0.25, -0.2) is 4.39 Å². The second kappa shape index (κ2) is 9.59. The summed E-state index contributed by atoms with van der Waals surface area (Å²) in [5, 5.41) is 1.12. The Morgan fingerprint density at radius 3 is 2.37 bits per heavy atom. The number of carbonyl (C=O) groups is 1. The fourth-order valence-electron chi connectivity index (χ4n) is 5.99. The number of fused-ring (bicyclic) bond motifs is 2. The predicted octanol–water partition coefficient (Wildman–Crippen LogP) is 5.49. The molecule has 3 aliphatic rings. The van der Waals surface area contributed by atoms with E-state index < -0.39 is 0 Å². The Kier molecular flexibility index (Phi) is 6.17. The van der Waals surface area contributed by atoms with Gasteiger partial charge in [0.05, 0.1) is 17.9 Å². The first-order valence-corrected chi connectivity index (χ1v) is 13.1. The molecule has 3 aliphatic heterocycles. The highest BCUT2D eigenvalue weighted by molar-refractivity contribution is 6.38. The summed E-state index contributed by atoms with van der Waals surface area (Å²) < 4.78 is 14.4. The Hall–Kier alpha value is -2.96. The zero-order chi connectivity index (χ0) is 23.8. The van der Waals surface area contributed by atoms with Crippen molar-refractivity contribution in [1.29, 1.82) is 0 Å². The Morgan fingerprint density at radius 1 is 0.886 bits per heavy atom. The van der Waals surface area contributed by atoms with Crippen molar-refractivity contribution in [2.75, 3.05) is 44.3 Å². The van der Waals surface area contributed by atoms with E-state index in [1.54, 1.807) is 6.07 Å². The number of nitrogens with zero attached hydrogens (tertiary/aromatic N) is 3. The SMILES string of the molecule is O=C1C(=C(CN2CCCCC2)c2c[nH]c3ccccc23)c2ccc(F)cc2N1CN1CCCCC1. The van der Waals surface area contributed by atoms with E-state index in [9.17, 15) is 9.18 Å². The average Bonchev–Trinajstić information content (AvgIpc) is 3.43. The van der Waals surface area contributed by atoms with E-state index in [0.717, 1.165) is 78.7 Å². The van der Waals surface area contributed by atoms with Crippen molar-refractivity contribution in [2.24, 2.45) is 0 Å². The Morgan fingerprint density at radius 2 is 1.60 bits per heavy atom. The molecule has 5 nitrogen and oxygen atoms in total. The van der Waals surface area contributed by atoms with Gasteiger partial charge in [0.2, 0.25) is 0 Å². The first kappa shape index (κ1) is 22.5. The monoisotopic (exact) mass is 472 g/mol. The summed E-state index contributed by atoms with van der Waals surface area (Å²) >= 11 is 0. The molecule has 4 heterocycles. The van der Waals surface area contributed by atoms with Gasteiger partial charge in [0.15, 0.2) is 0 Å². The van der Waals surface area contributed by atoms with E-state index in [1.807, 2.05) is 23.2 Å². The van der Waals surface area contributed by atoms with Crippen LogP contribution in [0.1, 0.15) is 49.7 Å². The van der Waals surface area contributed by atoms with Gasteiger partial charge < -0.3 is 4.98 Å². The predicted molar refractivity (Wildman–Crippen MR) is 140 cm³/mol. The highest BCUT2D eigenvalue weighted by Crippen LogP contribution is 2.43. The Balaban J connectivity index is 1.49. The molecule has 35 heavy (non-hydrogen) atoms. The quantitative estimate of drug-likeness (QED) is 0.499. The molecule has 1 aromatic heterocycles. The smallest absolute Gasteiger partial charge is 0.260 e. The molecule has 6 heteroatoms. The number of hydrogen-bond donors (Lipinski definition) is 1. The van der Waals surface area contributed by atoms with Gasteiger partial charge in [0, 0.05) is 34.8 Å². The molecule has 2 aromatic carbocycles. The van der Waals surface area contributed by atoms with Gasteiger partial charge in [-0.2, -0.15) is 0 Å². The zero-order valence-corrected chi connectivity index (χ0v) is 20.2. The molecule has 0 aliphatic carbocycles. The number of halogens is 1. The van der Waals surface area contributed by atoms with Gasteiger partial charge >= 0.3 is 0 Å². The van der Waals surface area contributed by atoms with Gasteiger partial charge in [0.1, 0.15) is 5.82 Å². The molecule has 1 N–H and O–H groups in total. The van der Waals surface area contributed by atoms with Crippen LogP contribution < -0.4 is 4.90 Å². The van der Waals surface area contributed by atoms with E-state index in [4.69, 9.17) is 0 Å². The molecule has 6 rings (SSSR count). The number of H-pyrrole nitrogens is 1. The third kappa shape index (κ3) is 4.30. The Labute approximate surface area is 206 Å². The lowest BCUT2D eigenvalue weighted by Gasteiger charge is -2.31. The number of anilines is 1. The van der Waals surface area contributed by atoms with Crippen molar-refractivity contribution in [1.82, 2.24) is 14.8 Å². The van der Waals surface area contributed by atoms with Crippen LogP contribution in [0.15, 0.2) is 48.7 Å². The third-order valence-corrected chi connectivity index (χ3v) is 7.82. The molecule has 2 fully saturated rings. The van der Waals surface area contributed by atoms with Crippen LogP contribution in [0.3, 0.4) is 0 Å². The summed E-state index contributed by atoms with van der Waals surface area (Å²) in [6.45, 7) is 5.29. The fourth-order valence-corrected chi connectivity index (χ4v) is 5.99. The minimum Gasteiger partial charge on any atom is -0.361 e. The minimum atomic E-state index is -0.300. The van der Waals surface area contributed by atoms with Crippen molar-refractivity contribution in [2.45, 2.75) is 38.5 Å². The maximum absolute atomic E-state index is 14.4. The molecule has 2 saturated heterocycles. The second-order valence-corrected chi connectivity index (χ2v) is 10.2. The number of amides is 1. The van der Waals surface area contributed by atoms with Crippen LogP contribution in [-0.2, 0) is 4.79 Å². The molecule has 0 spiro atoms. The summed E-state index contributed by atoms with van der Waals surface area (Å²) in [4.78, 5) is 24.2. The third-order valence-electron chi connectivity index (χ3n) is 7.82. The van der Waals surface area contributed by atoms with E-state index in [2.05, 4.69) is 26.9 Å². The molecule has 0 atom stereocenters. The number of rotatable bonds is 5. The van der Waals surface area contributed by atoms with Crippen molar-refractivity contribution in [3.8, 4) is 0 Å². The minimum absolute atomic E-state index is 0.00605. The van der Waals surface area contributed by atoms with Gasteiger partial charge in [-0.05, 0) is 81.7 Å². The summed E-state index contributed by atoms with van der Waals surface area (Å²) in [5.41, 5.74) is 5.46. The van der Waals surface area contributed by atoms with Gasteiger partial charge in [-0.15, -0.1) is 0 Å². The lowest BCUT2D eigenvalue weighted by Crippen LogP contribution is -2.42. The maximum atomic E-state index is 14.4. The Bertz CT molecular complexity index is 1270. The van der Waals surface area contributed by atoms with Crippen LogP contribution in [0.2, 0.25) is 0 Å². The highest BCUT2D eigenvalue weighted by Gasteiger charge is 2.37. The first-order chi connectivity index (χ1) is 17.2. The summed E-state index contributed by atoms with van der Waals surface area (Å²) in [6.07, 6.45) is 9.22. The average molecular weight is 473 g/mol. The van der Waals surface area contributed by atoms with E-state index in [0.29, 0.717) is 12.4 Å². The number of piperidine rings is 2. The standard InChI is InChI=1S/C29H33FN4O/c30-21-11-12-23-27(17-21)34(20-33-15-7-2-8-16-33)29(35)28(23)25(19-32-13-5-1-6-14-32)24-18-31-26-10-4-3-9-22(24)26/h3-4,9-12,17-18,31H,1-2,5-8,13-16,19-20H2. The van der Waals surface area contributed by atoms with Crippen molar-refractivity contribution < 1.29 is 9.18 Å². The molecule has 3 aromatic rings. The van der Waals surface area contributed by atoms with Crippen LogP contribution in [0.25, 0.3) is 22.0 Å². The number of hydrogen-bond acceptors (Lipinski definition) is 3. The van der Waals surface area contributed by atoms with E-state index in [-0.39, 0.29) is 11.7 Å². The molecule has 0 radical (unpaired) electrons. The number of carbonyl (C=O) groups excluding carboxylic acids is 1. The van der Waals surface area contributed by atoms with Crippen LogP contribution in [-0.4, -0.2) is 60.1 Å². The maximum Gasteiger partial charge on any atom is 0.260 e. The van der Waals surface area contributed by atoms with Crippen molar-refractivity contribution in [3.63, 3.8) is 0 Å². The number of aromatic nitrogens is 1. The first-order valence-electron chi connectivity index (χ1n) is 13.1. The van der Waals surface area contributed by atoms with Crippen molar-refractivity contribution in [3.05, 3.63) is 65.6 Å².